The van der Waals surface area contributed by atoms with Crippen molar-refractivity contribution in [2.24, 2.45) is 0 Å². The fraction of sp³-hybridized carbons (Fsp3) is 0. The SMILES string of the molecule is Cl.O=[N+]([O-])c1ccc(Sc2ncc[nH]2)cc1. The van der Waals surface area contributed by atoms with Crippen molar-refractivity contribution >= 4 is 29.9 Å². The van der Waals surface area contributed by atoms with Crippen molar-refractivity contribution in [1.29, 1.82) is 0 Å². The lowest BCUT2D eigenvalue weighted by Crippen LogP contribution is -1.86. The Morgan fingerprint density at radius 1 is 1.31 bits per heavy atom. The molecule has 0 aliphatic rings. The van der Waals surface area contributed by atoms with Gasteiger partial charge in [-0.1, -0.05) is 11.8 Å². The van der Waals surface area contributed by atoms with Crippen molar-refractivity contribution in [3.8, 4) is 0 Å². The molecule has 0 bridgehead atoms. The molecule has 0 aliphatic carbocycles. The number of hydrogen-bond donors (Lipinski definition) is 1. The number of non-ortho nitro benzene ring substituents is 1. The van der Waals surface area contributed by atoms with E-state index in [0.717, 1.165) is 10.1 Å². The van der Waals surface area contributed by atoms with Gasteiger partial charge >= 0.3 is 0 Å². The van der Waals surface area contributed by atoms with Gasteiger partial charge in [0.05, 0.1) is 4.92 Å². The van der Waals surface area contributed by atoms with Gasteiger partial charge in [0.25, 0.3) is 5.69 Å². The van der Waals surface area contributed by atoms with Crippen LogP contribution >= 0.6 is 24.2 Å². The molecule has 0 fully saturated rings. The van der Waals surface area contributed by atoms with Crippen LogP contribution in [0.25, 0.3) is 0 Å². The quantitative estimate of drug-likeness (QED) is 0.678. The van der Waals surface area contributed by atoms with Gasteiger partial charge in [-0.15, -0.1) is 12.4 Å². The lowest BCUT2D eigenvalue weighted by Gasteiger charge is -1.96. The molecule has 0 radical (unpaired) electrons. The molecule has 0 spiro atoms. The number of nitro groups is 1. The van der Waals surface area contributed by atoms with Gasteiger partial charge in [0, 0.05) is 29.4 Å². The van der Waals surface area contributed by atoms with Gasteiger partial charge in [0.1, 0.15) is 0 Å². The summed E-state index contributed by atoms with van der Waals surface area (Å²) in [5.74, 6) is 0. The van der Waals surface area contributed by atoms with Gasteiger partial charge in [-0.05, 0) is 12.1 Å². The summed E-state index contributed by atoms with van der Waals surface area (Å²) in [6.07, 6.45) is 3.39. The zero-order valence-electron chi connectivity index (χ0n) is 7.99. The maximum atomic E-state index is 10.4. The third-order valence-electron chi connectivity index (χ3n) is 1.74. The van der Waals surface area contributed by atoms with Gasteiger partial charge in [-0.2, -0.15) is 0 Å². The number of nitrogens with zero attached hydrogens (tertiary/aromatic N) is 2. The summed E-state index contributed by atoms with van der Waals surface area (Å²) < 4.78 is 0. The van der Waals surface area contributed by atoms with Crippen LogP contribution in [-0.4, -0.2) is 14.9 Å². The molecule has 0 aliphatic heterocycles. The molecular weight excluding hydrogens is 250 g/mol. The van der Waals surface area contributed by atoms with Crippen molar-refractivity contribution in [1.82, 2.24) is 9.97 Å². The summed E-state index contributed by atoms with van der Waals surface area (Å²) in [5, 5.41) is 11.2. The Morgan fingerprint density at radius 2 is 2.00 bits per heavy atom. The van der Waals surface area contributed by atoms with E-state index in [-0.39, 0.29) is 18.1 Å². The summed E-state index contributed by atoms with van der Waals surface area (Å²) in [6, 6.07) is 6.35. The molecule has 0 saturated carbocycles. The van der Waals surface area contributed by atoms with Crippen LogP contribution in [0.2, 0.25) is 0 Å². The Kier molecular flexibility index (Phi) is 4.33. The molecule has 0 atom stereocenters. The van der Waals surface area contributed by atoms with Gasteiger partial charge in [-0.25, -0.2) is 4.98 Å². The van der Waals surface area contributed by atoms with Crippen LogP contribution in [0.5, 0.6) is 0 Å². The Hall–Kier alpha value is -1.53. The van der Waals surface area contributed by atoms with Crippen LogP contribution in [0.3, 0.4) is 0 Å². The van der Waals surface area contributed by atoms with Gasteiger partial charge in [0.2, 0.25) is 0 Å². The highest BCUT2D eigenvalue weighted by Gasteiger charge is 2.05. The maximum absolute atomic E-state index is 10.4. The van der Waals surface area contributed by atoms with Crippen molar-refractivity contribution < 1.29 is 4.92 Å². The Balaban J connectivity index is 0.00000128. The van der Waals surface area contributed by atoms with E-state index in [1.54, 1.807) is 24.5 Å². The molecule has 0 saturated heterocycles. The molecular formula is C9H8ClN3O2S. The number of aromatic amines is 1. The number of imidazole rings is 1. The Morgan fingerprint density at radius 3 is 2.50 bits per heavy atom. The number of halogens is 1. The molecule has 1 aromatic heterocycles. The van der Waals surface area contributed by atoms with Crippen LogP contribution in [0.15, 0.2) is 46.7 Å². The van der Waals surface area contributed by atoms with Crippen molar-refractivity contribution in [2.75, 3.05) is 0 Å². The molecule has 84 valence electrons. The first-order valence-electron chi connectivity index (χ1n) is 4.17. The fourth-order valence-corrected chi connectivity index (χ4v) is 1.79. The number of rotatable bonds is 3. The Labute approximate surface area is 102 Å². The summed E-state index contributed by atoms with van der Waals surface area (Å²) >= 11 is 1.43. The van der Waals surface area contributed by atoms with Crippen LogP contribution in [-0.2, 0) is 0 Å². The average molecular weight is 258 g/mol. The second-order valence-electron chi connectivity index (χ2n) is 2.75. The number of hydrogen-bond acceptors (Lipinski definition) is 4. The largest absolute Gasteiger partial charge is 0.339 e. The van der Waals surface area contributed by atoms with E-state index in [1.165, 1.54) is 23.9 Å². The van der Waals surface area contributed by atoms with E-state index in [1.807, 2.05) is 0 Å². The predicted octanol–water partition coefficient (Wildman–Crippen LogP) is 2.89. The average Bonchev–Trinajstić information content (AvgIpc) is 2.71. The van der Waals surface area contributed by atoms with Crippen LogP contribution in [0.1, 0.15) is 0 Å². The Bertz CT molecular complexity index is 458. The zero-order valence-corrected chi connectivity index (χ0v) is 9.62. The van der Waals surface area contributed by atoms with E-state index in [0.29, 0.717) is 0 Å². The molecule has 5 nitrogen and oxygen atoms in total. The molecule has 16 heavy (non-hydrogen) atoms. The first-order chi connectivity index (χ1) is 7.25. The number of nitrogens with one attached hydrogen (secondary N) is 1. The first kappa shape index (κ1) is 12.5. The minimum Gasteiger partial charge on any atom is -0.339 e. The predicted molar refractivity (Wildman–Crippen MR) is 63.1 cm³/mol. The lowest BCUT2D eigenvalue weighted by atomic mass is 10.3. The number of nitro benzene ring substituents is 1. The summed E-state index contributed by atoms with van der Waals surface area (Å²) in [6.45, 7) is 0. The van der Waals surface area contributed by atoms with Crippen LogP contribution < -0.4 is 0 Å². The molecule has 2 aromatic rings. The summed E-state index contributed by atoms with van der Waals surface area (Å²) in [4.78, 5) is 17.9. The van der Waals surface area contributed by atoms with Crippen molar-refractivity contribution in [3.05, 3.63) is 46.8 Å². The smallest absolute Gasteiger partial charge is 0.269 e. The minimum atomic E-state index is -0.415. The molecule has 0 unspecified atom stereocenters. The molecule has 1 aromatic carbocycles. The van der Waals surface area contributed by atoms with Gasteiger partial charge < -0.3 is 4.98 Å². The second kappa shape index (κ2) is 5.53. The molecule has 1 N–H and O–H groups in total. The number of aromatic nitrogens is 2. The van der Waals surface area contributed by atoms with Crippen molar-refractivity contribution in [3.63, 3.8) is 0 Å². The monoisotopic (exact) mass is 257 g/mol. The maximum Gasteiger partial charge on any atom is 0.269 e. The van der Waals surface area contributed by atoms with E-state index >= 15 is 0 Å². The third-order valence-corrected chi connectivity index (χ3v) is 2.66. The molecule has 7 heteroatoms. The van der Waals surface area contributed by atoms with Gasteiger partial charge in [0.15, 0.2) is 5.16 Å². The highest BCUT2D eigenvalue weighted by atomic mass is 35.5. The van der Waals surface area contributed by atoms with Crippen LogP contribution in [0, 0.1) is 10.1 Å². The lowest BCUT2D eigenvalue weighted by molar-refractivity contribution is -0.384. The standard InChI is InChI=1S/C9H7N3O2S.ClH/c13-12(14)7-1-3-8(4-2-7)15-9-10-5-6-11-9;/h1-6H,(H,10,11);1H. The number of benzene rings is 1. The van der Waals surface area contributed by atoms with E-state index in [9.17, 15) is 10.1 Å². The second-order valence-corrected chi connectivity index (χ2v) is 3.81. The van der Waals surface area contributed by atoms with Gasteiger partial charge in [-0.3, -0.25) is 10.1 Å². The zero-order chi connectivity index (χ0) is 10.7. The van der Waals surface area contributed by atoms with Crippen LogP contribution in [0.4, 0.5) is 5.69 Å². The highest BCUT2D eigenvalue weighted by Crippen LogP contribution is 2.25. The van der Waals surface area contributed by atoms with E-state index < -0.39 is 4.92 Å². The van der Waals surface area contributed by atoms with E-state index in [2.05, 4.69) is 9.97 Å². The van der Waals surface area contributed by atoms with Crippen molar-refractivity contribution in [2.45, 2.75) is 10.1 Å². The molecule has 1 heterocycles. The normalized spacial score (nSPS) is 9.50. The summed E-state index contributed by atoms with van der Waals surface area (Å²) in [5.41, 5.74) is 0.0961. The third kappa shape index (κ3) is 2.98. The molecule has 0 amide bonds. The minimum absolute atomic E-state index is 0. The highest BCUT2D eigenvalue weighted by molar-refractivity contribution is 7.99. The fourth-order valence-electron chi connectivity index (χ4n) is 1.05. The first-order valence-corrected chi connectivity index (χ1v) is 4.99. The number of H-pyrrole nitrogens is 1. The topological polar surface area (TPSA) is 71.8 Å². The summed E-state index contributed by atoms with van der Waals surface area (Å²) in [7, 11) is 0. The van der Waals surface area contributed by atoms with E-state index in [4.69, 9.17) is 0 Å². The molecule has 2 rings (SSSR count).